The molecule has 1 amide bonds. The van der Waals surface area contributed by atoms with Crippen molar-refractivity contribution in [2.24, 2.45) is 5.92 Å². The fourth-order valence-corrected chi connectivity index (χ4v) is 3.79. The van der Waals surface area contributed by atoms with Crippen LogP contribution < -0.4 is 5.32 Å². The number of rotatable bonds is 3. The third kappa shape index (κ3) is 2.63. The Kier molecular flexibility index (Phi) is 3.61. The van der Waals surface area contributed by atoms with Gasteiger partial charge < -0.3 is 9.73 Å². The number of pyridine rings is 1. The number of hydrogen-bond donors (Lipinski definition) is 1. The number of carbonyl (C=O) groups is 1. The summed E-state index contributed by atoms with van der Waals surface area (Å²) < 4.78 is 5.62. The van der Waals surface area contributed by atoms with Crippen molar-refractivity contribution in [1.29, 1.82) is 0 Å². The highest BCUT2D eigenvalue weighted by Crippen LogP contribution is 2.32. The molecule has 2 aromatic heterocycles. The summed E-state index contributed by atoms with van der Waals surface area (Å²) in [6.07, 6.45) is 7.27. The van der Waals surface area contributed by atoms with Crippen LogP contribution in [-0.2, 0) is 0 Å². The van der Waals surface area contributed by atoms with Crippen molar-refractivity contribution in [1.82, 2.24) is 20.2 Å². The quantitative estimate of drug-likeness (QED) is 0.938. The normalized spacial score (nSPS) is 29.4. The highest BCUT2D eigenvalue weighted by molar-refractivity contribution is 5.90. The van der Waals surface area contributed by atoms with Gasteiger partial charge in [-0.25, -0.2) is 4.98 Å². The van der Waals surface area contributed by atoms with E-state index in [-0.39, 0.29) is 17.8 Å². The van der Waals surface area contributed by atoms with Crippen LogP contribution in [0.4, 0.5) is 0 Å². The highest BCUT2D eigenvalue weighted by atomic mass is 16.4. The predicted octanol–water partition coefficient (Wildman–Crippen LogP) is 1.95. The van der Waals surface area contributed by atoms with E-state index in [2.05, 4.69) is 27.1 Å². The second-order valence-electron chi connectivity index (χ2n) is 6.38. The van der Waals surface area contributed by atoms with E-state index in [1.54, 1.807) is 18.6 Å². The van der Waals surface area contributed by atoms with Crippen LogP contribution in [0.2, 0.25) is 0 Å². The van der Waals surface area contributed by atoms with Gasteiger partial charge in [0.15, 0.2) is 5.76 Å². The molecule has 6 heteroatoms. The number of fused-ring (bicyclic) bond motifs is 3. The predicted molar refractivity (Wildman–Crippen MR) is 84.7 cm³/mol. The molecular weight excluding hydrogens is 292 g/mol. The molecular formula is C17H20N4O2. The van der Waals surface area contributed by atoms with Gasteiger partial charge in [-0.15, -0.1) is 0 Å². The monoisotopic (exact) mass is 312 g/mol. The Bertz CT molecular complexity index is 690. The SMILES string of the molecule is CC1C(NC(=O)c2ncc(-c3ccncc3)o2)C2CCN1CC2. The van der Waals surface area contributed by atoms with Crippen molar-refractivity contribution in [2.45, 2.75) is 31.8 Å². The summed E-state index contributed by atoms with van der Waals surface area (Å²) in [4.78, 5) is 23.0. The van der Waals surface area contributed by atoms with E-state index in [1.807, 2.05) is 12.1 Å². The number of carbonyl (C=O) groups excluding carboxylic acids is 1. The summed E-state index contributed by atoms with van der Waals surface area (Å²) >= 11 is 0. The number of amides is 1. The largest absolute Gasteiger partial charge is 0.432 e. The van der Waals surface area contributed by atoms with E-state index in [0.717, 1.165) is 31.5 Å². The lowest BCUT2D eigenvalue weighted by Gasteiger charge is -2.49. The third-order valence-electron chi connectivity index (χ3n) is 5.14. The Morgan fingerprint density at radius 3 is 2.74 bits per heavy atom. The third-order valence-corrected chi connectivity index (χ3v) is 5.14. The molecule has 0 saturated carbocycles. The summed E-state index contributed by atoms with van der Waals surface area (Å²) in [5, 5.41) is 3.13. The maximum absolute atomic E-state index is 12.5. The van der Waals surface area contributed by atoms with Crippen molar-refractivity contribution in [2.75, 3.05) is 13.1 Å². The van der Waals surface area contributed by atoms with Gasteiger partial charge in [-0.3, -0.25) is 14.7 Å². The smallest absolute Gasteiger partial charge is 0.307 e. The molecule has 5 heterocycles. The zero-order valence-corrected chi connectivity index (χ0v) is 13.1. The van der Waals surface area contributed by atoms with Gasteiger partial charge in [0.1, 0.15) is 0 Å². The molecule has 1 N–H and O–H groups in total. The van der Waals surface area contributed by atoms with Crippen LogP contribution in [0.1, 0.15) is 30.5 Å². The molecule has 2 bridgehead atoms. The van der Waals surface area contributed by atoms with Gasteiger partial charge in [0.2, 0.25) is 0 Å². The molecule has 0 spiro atoms. The summed E-state index contributed by atoms with van der Waals surface area (Å²) in [6, 6.07) is 4.22. The minimum atomic E-state index is -0.226. The molecule has 120 valence electrons. The first-order valence-corrected chi connectivity index (χ1v) is 8.13. The van der Waals surface area contributed by atoms with E-state index < -0.39 is 0 Å². The van der Waals surface area contributed by atoms with Crippen LogP contribution in [0.3, 0.4) is 0 Å². The number of hydrogen-bond acceptors (Lipinski definition) is 5. The molecule has 0 aliphatic carbocycles. The first-order chi connectivity index (χ1) is 11.2. The van der Waals surface area contributed by atoms with E-state index in [9.17, 15) is 4.79 Å². The summed E-state index contributed by atoms with van der Waals surface area (Å²) in [6.45, 7) is 4.47. The second kappa shape index (κ2) is 5.77. The number of piperidine rings is 3. The minimum Gasteiger partial charge on any atom is -0.432 e. The minimum absolute atomic E-state index is 0.125. The lowest BCUT2D eigenvalue weighted by Crippen LogP contribution is -2.62. The van der Waals surface area contributed by atoms with Crippen molar-refractivity contribution < 1.29 is 9.21 Å². The van der Waals surface area contributed by atoms with Gasteiger partial charge >= 0.3 is 5.91 Å². The van der Waals surface area contributed by atoms with Gasteiger partial charge in [-0.05, 0) is 50.9 Å². The van der Waals surface area contributed by atoms with Gasteiger partial charge in [-0.2, -0.15) is 0 Å². The summed E-state index contributed by atoms with van der Waals surface area (Å²) in [5.41, 5.74) is 0.864. The molecule has 2 atom stereocenters. The lowest BCUT2D eigenvalue weighted by atomic mass is 9.79. The van der Waals surface area contributed by atoms with Crippen LogP contribution in [-0.4, -0.2) is 45.9 Å². The van der Waals surface area contributed by atoms with Crippen molar-refractivity contribution in [3.05, 3.63) is 36.6 Å². The lowest BCUT2D eigenvalue weighted by molar-refractivity contribution is 0.0210. The Labute approximate surface area is 134 Å². The molecule has 2 aromatic rings. The number of aromatic nitrogens is 2. The summed E-state index contributed by atoms with van der Waals surface area (Å²) in [7, 11) is 0. The van der Waals surface area contributed by atoms with Crippen LogP contribution in [0.5, 0.6) is 0 Å². The average molecular weight is 312 g/mol. The van der Waals surface area contributed by atoms with Gasteiger partial charge in [-0.1, -0.05) is 0 Å². The zero-order chi connectivity index (χ0) is 15.8. The Morgan fingerprint density at radius 2 is 2.04 bits per heavy atom. The molecule has 3 aliphatic heterocycles. The van der Waals surface area contributed by atoms with Crippen LogP contribution in [0, 0.1) is 5.92 Å². The van der Waals surface area contributed by atoms with Crippen molar-refractivity contribution in [3.63, 3.8) is 0 Å². The molecule has 0 radical (unpaired) electrons. The van der Waals surface area contributed by atoms with Gasteiger partial charge in [0, 0.05) is 30.0 Å². The fraction of sp³-hybridized carbons (Fsp3) is 0.471. The molecule has 3 fully saturated rings. The topological polar surface area (TPSA) is 71.3 Å². The number of nitrogens with zero attached hydrogens (tertiary/aromatic N) is 3. The molecule has 3 saturated heterocycles. The Morgan fingerprint density at radius 1 is 1.30 bits per heavy atom. The molecule has 0 aromatic carbocycles. The van der Waals surface area contributed by atoms with E-state index in [0.29, 0.717) is 17.7 Å². The second-order valence-corrected chi connectivity index (χ2v) is 6.38. The number of oxazole rings is 1. The van der Waals surface area contributed by atoms with Crippen LogP contribution >= 0.6 is 0 Å². The molecule has 2 unspecified atom stereocenters. The molecule has 5 rings (SSSR count). The van der Waals surface area contributed by atoms with E-state index in [4.69, 9.17) is 4.42 Å². The highest BCUT2D eigenvalue weighted by Gasteiger charge is 2.40. The molecule has 6 nitrogen and oxygen atoms in total. The van der Waals surface area contributed by atoms with Crippen LogP contribution in [0.25, 0.3) is 11.3 Å². The summed E-state index contributed by atoms with van der Waals surface area (Å²) in [5.74, 6) is 1.05. The van der Waals surface area contributed by atoms with Crippen molar-refractivity contribution >= 4 is 5.91 Å². The Balaban J connectivity index is 1.49. The standard InChI is InChI=1S/C17H20N4O2/c1-11-15(13-4-8-21(11)9-5-13)20-16(22)17-19-10-14(23-17)12-2-6-18-7-3-12/h2-3,6-7,10-11,13,15H,4-5,8-9H2,1H3,(H,20,22). The fourth-order valence-electron chi connectivity index (χ4n) is 3.79. The number of nitrogens with one attached hydrogen (secondary N) is 1. The van der Waals surface area contributed by atoms with Crippen molar-refractivity contribution in [3.8, 4) is 11.3 Å². The van der Waals surface area contributed by atoms with Gasteiger partial charge in [0.25, 0.3) is 5.89 Å². The first kappa shape index (κ1) is 14.4. The van der Waals surface area contributed by atoms with Gasteiger partial charge in [0.05, 0.1) is 6.20 Å². The molecule has 23 heavy (non-hydrogen) atoms. The maximum atomic E-state index is 12.5. The first-order valence-electron chi connectivity index (χ1n) is 8.13. The van der Waals surface area contributed by atoms with E-state index in [1.165, 1.54) is 0 Å². The van der Waals surface area contributed by atoms with E-state index >= 15 is 0 Å². The zero-order valence-electron chi connectivity index (χ0n) is 13.1. The Hall–Kier alpha value is -2.21. The maximum Gasteiger partial charge on any atom is 0.307 e. The van der Waals surface area contributed by atoms with Crippen LogP contribution in [0.15, 0.2) is 35.1 Å². The molecule has 3 aliphatic rings. The average Bonchev–Trinajstić information content (AvgIpc) is 3.09.